The Labute approximate surface area is 132 Å². The molecule has 1 amide bonds. The monoisotopic (exact) mass is 324 g/mol. The molecule has 0 spiro atoms. The molecule has 0 unspecified atom stereocenters. The number of carbonyl (C=O) groups is 1. The van der Waals surface area contributed by atoms with Gasteiger partial charge in [-0.05, 0) is 25.0 Å². The van der Waals surface area contributed by atoms with E-state index in [1.807, 2.05) is 30.3 Å². The van der Waals surface area contributed by atoms with E-state index in [9.17, 15) is 13.2 Å². The molecule has 1 aliphatic rings. The number of rotatable bonds is 6. The van der Waals surface area contributed by atoms with Crippen LogP contribution in [-0.2, 0) is 14.8 Å². The fraction of sp³-hybridized carbons (Fsp3) is 0.562. The summed E-state index contributed by atoms with van der Waals surface area (Å²) in [6, 6.07) is 9.25. The zero-order valence-electron chi connectivity index (χ0n) is 13.0. The Morgan fingerprint density at radius 2 is 1.82 bits per heavy atom. The first-order valence-corrected chi connectivity index (χ1v) is 9.63. The normalized spacial score (nSPS) is 16.6. The summed E-state index contributed by atoms with van der Waals surface area (Å²) in [6.07, 6.45) is 6.50. The predicted molar refractivity (Wildman–Crippen MR) is 88.1 cm³/mol. The van der Waals surface area contributed by atoms with E-state index >= 15 is 0 Å². The summed E-state index contributed by atoms with van der Waals surface area (Å²) in [6.45, 7) is 0.252. The lowest BCUT2D eigenvalue weighted by molar-refractivity contribution is -0.116. The molecular weight excluding hydrogens is 300 g/mol. The van der Waals surface area contributed by atoms with Gasteiger partial charge in [0.25, 0.3) is 0 Å². The topological polar surface area (TPSA) is 66.5 Å². The second-order valence-corrected chi connectivity index (χ2v) is 7.76. The van der Waals surface area contributed by atoms with E-state index in [0.29, 0.717) is 0 Å². The van der Waals surface area contributed by atoms with E-state index in [2.05, 4.69) is 5.32 Å². The summed E-state index contributed by atoms with van der Waals surface area (Å²) in [7, 11) is -3.28. The van der Waals surface area contributed by atoms with Crippen molar-refractivity contribution in [1.29, 1.82) is 0 Å². The number of benzene rings is 1. The van der Waals surface area contributed by atoms with E-state index < -0.39 is 10.0 Å². The summed E-state index contributed by atoms with van der Waals surface area (Å²) in [5.41, 5.74) is 0.732. The van der Waals surface area contributed by atoms with Crippen molar-refractivity contribution in [2.45, 2.75) is 44.6 Å². The number of anilines is 1. The number of amides is 1. The van der Waals surface area contributed by atoms with Crippen LogP contribution in [0.25, 0.3) is 0 Å². The third-order valence-corrected chi connectivity index (χ3v) is 5.36. The summed E-state index contributed by atoms with van der Waals surface area (Å²) in [5, 5.41) is 2.79. The second-order valence-electron chi connectivity index (χ2n) is 5.83. The molecule has 1 aromatic rings. The molecule has 5 nitrogen and oxygen atoms in total. The molecule has 0 saturated heterocycles. The SMILES string of the molecule is CS(=O)(=O)N(CCC(=O)Nc1ccccc1)C1CCCCC1. The van der Waals surface area contributed by atoms with E-state index in [-0.39, 0.29) is 24.9 Å². The van der Waals surface area contributed by atoms with Gasteiger partial charge in [0, 0.05) is 24.7 Å². The summed E-state index contributed by atoms with van der Waals surface area (Å²) < 4.78 is 25.5. The smallest absolute Gasteiger partial charge is 0.225 e. The van der Waals surface area contributed by atoms with Gasteiger partial charge in [-0.1, -0.05) is 37.5 Å². The standard InChI is InChI=1S/C16H24N2O3S/c1-22(20,21)18(15-10-6-3-7-11-15)13-12-16(19)17-14-8-4-2-5-9-14/h2,4-5,8-9,15H,3,6-7,10-13H2,1H3,(H,17,19). The van der Waals surface area contributed by atoms with Gasteiger partial charge in [-0.3, -0.25) is 4.79 Å². The van der Waals surface area contributed by atoms with Crippen LogP contribution >= 0.6 is 0 Å². The first kappa shape index (κ1) is 17.0. The predicted octanol–water partition coefficient (Wildman–Crippen LogP) is 2.61. The quantitative estimate of drug-likeness (QED) is 0.874. The summed E-state index contributed by atoms with van der Waals surface area (Å²) >= 11 is 0. The number of nitrogens with zero attached hydrogens (tertiary/aromatic N) is 1. The Morgan fingerprint density at radius 3 is 2.41 bits per heavy atom. The molecule has 2 rings (SSSR count). The molecule has 1 N–H and O–H groups in total. The molecule has 22 heavy (non-hydrogen) atoms. The lowest BCUT2D eigenvalue weighted by Gasteiger charge is -2.32. The maximum Gasteiger partial charge on any atom is 0.225 e. The van der Waals surface area contributed by atoms with Gasteiger partial charge in [-0.2, -0.15) is 4.31 Å². The Morgan fingerprint density at radius 1 is 1.18 bits per heavy atom. The Hall–Kier alpha value is -1.40. The number of carbonyl (C=O) groups excluding carboxylic acids is 1. The molecule has 1 aromatic carbocycles. The van der Waals surface area contributed by atoms with Gasteiger partial charge in [0.05, 0.1) is 6.26 Å². The van der Waals surface area contributed by atoms with Crippen LogP contribution in [0.3, 0.4) is 0 Å². The van der Waals surface area contributed by atoms with Gasteiger partial charge in [0.2, 0.25) is 15.9 Å². The highest BCUT2D eigenvalue weighted by atomic mass is 32.2. The molecule has 0 bridgehead atoms. The number of hydrogen-bond acceptors (Lipinski definition) is 3. The van der Waals surface area contributed by atoms with Gasteiger partial charge >= 0.3 is 0 Å². The maximum absolute atomic E-state index is 12.0. The van der Waals surface area contributed by atoms with Gasteiger partial charge < -0.3 is 5.32 Å². The van der Waals surface area contributed by atoms with Gasteiger partial charge in [-0.25, -0.2) is 8.42 Å². The zero-order valence-corrected chi connectivity index (χ0v) is 13.8. The van der Waals surface area contributed by atoms with Crippen LogP contribution in [0.2, 0.25) is 0 Å². The van der Waals surface area contributed by atoms with E-state index in [4.69, 9.17) is 0 Å². The molecule has 6 heteroatoms. The van der Waals surface area contributed by atoms with Crippen molar-refractivity contribution in [1.82, 2.24) is 4.31 Å². The minimum absolute atomic E-state index is 0.0493. The summed E-state index contributed by atoms with van der Waals surface area (Å²) in [4.78, 5) is 12.0. The van der Waals surface area contributed by atoms with Gasteiger partial charge in [0.15, 0.2) is 0 Å². The average Bonchev–Trinajstić information content (AvgIpc) is 2.48. The lowest BCUT2D eigenvalue weighted by Crippen LogP contribution is -2.42. The fourth-order valence-corrected chi connectivity index (χ4v) is 4.12. The van der Waals surface area contributed by atoms with Crippen LogP contribution in [0.1, 0.15) is 38.5 Å². The molecule has 0 atom stereocenters. The van der Waals surface area contributed by atoms with Crippen molar-refractivity contribution in [3.05, 3.63) is 30.3 Å². The molecule has 1 saturated carbocycles. The van der Waals surface area contributed by atoms with Crippen LogP contribution in [0.5, 0.6) is 0 Å². The van der Waals surface area contributed by atoms with Gasteiger partial charge in [0.1, 0.15) is 0 Å². The van der Waals surface area contributed by atoms with Crippen LogP contribution in [0.15, 0.2) is 30.3 Å². The second kappa shape index (κ2) is 7.74. The van der Waals surface area contributed by atoms with Crippen LogP contribution in [-0.4, -0.2) is 37.5 Å². The van der Waals surface area contributed by atoms with Crippen molar-refractivity contribution in [2.75, 3.05) is 18.1 Å². The number of hydrogen-bond donors (Lipinski definition) is 1. The Kier molecular flexibility index (Phi) is 5.97. The highest BCUT2D eigenvalue weighted by Gasteiger charge is 2.28. The van der Waals surface area contributed by atoms with Crippen LogP contribution < -0.4 is 5.32 Å². The first-order valence-electron chi connectivity index (χ1n) is 7.78. The van der Waals surface area contributed by atoms with Crippen LogP contribution in [0.4, 0.5) is 5.69 Å². The van der Waals surface area contributed by atoms with Crippen molar-refractivity contribution < 1.29 is 13.2 Å². The molecule has 1 aliphatic carbocycles. The largest absolute Gasteiger partial charge is 0.326 e. The minimum Gasteiger partial charge on any atom is -0.326 e. The first-order chi connectivity index (χ1) is 10.5. The van der Waals surface area contributed by atoms with E-state index in [1.165, 1.54) is 17.0 Å². The molecule has 0 aliphatic heterocycles. The van der Waals surface area contributed by atoms with Crippen LogP contribution in [0, 0.1) is 0 Å². The lowest BCUT2D eigenvalue weighted by atomic mass is 9.95. The average molecular weight is 324 g/mol. The van der Waals surface area contributed by atoms with Crippen molar-refractivity contribution in [2.24, 2.45) is 0 Å². The maximum atomic E-state index is 12.0. The van der Waals surface area contributed by atoms with Crippen molar-refractivity contribution in [3.8, 4) is 0 Å². The van der Waals surface area contributed by atoms with Gasteiger partial charge in [-0.15, -0.1) is 0 Å². The highest BCUT2D eigenvalue weighted by molar-refractivity contribution is 7.88. The van der Waals surface area contributed by atoms with Crippen molar-refractivity contribution >= 4 is 21.6 Å². The van der Waals surface area contributed by atoms with E-state index in [1.54, 1.807) is 0 Å². The molecular formula is C16H24N2O3S. The van der Waals surface area contributed by atoms with Crippen molar-refractivity contribution in [3.63, 3.8) is 0 Å². The minimum atomic E-state index is -3.28. The molecule has 0 aromatic heterocycles. The fourth-order valence-electron chi connectivity index (χ4n) is 2.94. The summed E-state index contributed by atoms with van der Waals surface area (Å²) in [5.74, 6) is -0.157. The number of sulfonamides is 1. The van der Waals surface area contributed by atoms with E-state index in [0.717, 1.165) is 31.4 Å². The number of nitrogens with one attached hydrogen (secondary N) is 1. The Bertz CT molecular complexity index is 581. The Balaban J connectivity index is 1.92. The molecule has 0 heterocycles. The highest BCUT2D eigenvalue weighted by Crippen LogP contribution is 2.24. The molecule has 1 fully saturated rings. The molecule has 0 radical (unpaired) electrons. The number of para-hydroxylation sites is 1. The molecule has 122 valence electrons. The third-order valence-electron chi connectivity index (χ3n) is 4.02. The third kappa shape index (κ3) is 5.10. The zero-order chi connectivity index (χ0) is 16.0.